The molecule has 0 aliphatic heterocycles. The predicted octanol–water partition coefficient (Wildman–Crippen LogP) is 4.16. The normalized spacial score (nSPS) is 11.8. The lowest BCUT2D eigenvalue weighted by Gasteiger charge is -2.07. The third kappa shape index (κ3) is 4.82. The molecule has 0 saturated carbocycles. The standard InChI is InChI=1S/C17H14F2N2O3S3/c18-17(19)27(23,24)12-7-5-11(6-8-12)20-15(22)9-25-10-16-21-13-3-1-2-4-14(13)26-16/h1-8,17H,9-10H2,(H,20,22). The van der Waals surface area contributed by atoms with E-state index < -0.39 is 20.5 Å². The molecule has 1 aromatic heterocycles. The molecule has 10 heteroatoms. The third-order valence-corrected chi connectivity index (χ3v) is 7.06. The number of anilines is 1. The number of alkyl halides is 2. The molecule has 0 saturated heterocycles. The number of thiazole rings is 1. The van der Waals surface area contributed by atoms with E-state index in [1.54, 1.807) is 11.3 Å². The molecule has 0 fully saturated rings. The first-order valence-electron chi connectivity index (χ1n) is 7.70. The number of carbonyl (C=O) groups is 1. The first-order valence-corrected chi connectivity index (χ1v) is 11.2. The van der Waals surface area contributed by atoms with Gasteiger partial charge in [0, 0.05) is 11.4 Å². The maximum atomic E-state index is 12.5. The highest BCUT2D eigenvalue weighted by Gasteiger charge is 2.26. The maximum absolute atomic E-state index is 12.5. The summed E-state index contributed by atoms with van der Waals surface area (Å²) >= 11 is 2.98. The molecule has 0 spiro atoms. The zero-order valence-corrected chi connectivity index (χ0v) is 16.2. The topological polar surface area (TPSA) is 76.1 Å². The summed E-state index contributed by atoms with van der Waals surface area (Å²) in [6.07, 6.45) is 0. The van der Waals surface area contributed by atoms with Crippen LogP contribution in [0.15, 0.2) is 53.4 Å². The van der Waals surface area contributed by atoms with Crippen molar-refractivity contribution >= 4 is 54.7 Å². The van der Waals surface area contributed by atoms with E-state index in [2.05, 4.69) is 10.3 Å². The Labute approximate surface area is 162 Å². The van der Waals surface area contributed by atoms with Gasteiger partial charge in [-0.05, 0) is 36.4 Å². The molecule has 0 radical (unpaired) electrons. The number of nitrogens with one attached hydrogen (secondary N) is 1. The van der Waals surface area contributed by atoms with Gasteiger partial charge in [-0.1, -0.05) is 12.1 Å². The van der Waals surface area contributed by atoms with Crippen molar-refractivity contribution < 1.29 is 22.0 Å². The highest BCUT2D eigenvalue weighted by molar-refractivity contribution is 7.99. The van der Waals surface area contributed by atoms with Crippen LogP contribution in [0.3, 0.4) is 0 Å². The van der Waals surface area contributed by atoms with E-state index in [4.69, 9.17) is 0 Å². The van der Waals surface area contributed by atoms with E-state index in [1.807, 2.05) is 24.3 Å². The molecule has 3 rings (SSSR count). The lowest BCUT2D eigenvalue weighted by molar-refractivity contribution is -0.113. The summed E-state index contributed by atoms with van der Waals surface area (Å²) in [6.45, 7) is 0. The molecular weight excluding hydrogens is 414 g/mol. The van der Waals surface area contributed by atoms with Crippen LogP contribution in [0.2, 0.25) is 0 Å². The Hall–Kier alpha value is -2.04. The zero-order valence-electron chi connectivity index (χ0n) is 13.8. The highest BCUT2D eigenvalue weighted by atomic mass is 32.2. The molecular formula is C17H14F2N2O3S3. The van der Waals surface area contributed by atoms with Crippen molar-refractivity contribution in [2.75, 3.05) is 11.1 Å². The van der Waals surface area contributed by atoms with Gasteiger partial charge in [0.25, 0.3) is 0 Å². The molecule has 1 N–H and O–H groups in total. The van der Waals surface area contributed by atoms with Gasteiger partial charge in [0.05, 0.1) is 20.9 Å². The van der Waals surface area contributed by atoms with Crippen molar-refractivity contribution in [3.8, 4) is 0 Å². The molecule has 5 nitrogen and oxygen atoms in total. The molecule has 142 valence electrons. The molecule has 0 aliphatic rings. The SMILES string of the molecule is O=C(CSCc1nc2ccccc2s1)Nc1ccc(S(=O)(=O)C(F)F)cc1. The van der Waals surface area contributed by atoms with E-state index in [-0.39, 0.29) is 11.7 Å². The Morgan fingerprint density at radius 3 is 2.52 bits per heavy atom. The first-order chi connectivity index (χ1) is 12.9. The Morgan fingerprint density at radius 1 is 1.15 bits per heavy atom. The predicted molar refractivity (Wildman–Crippen MR) is 104 cm³/mol. The van der Waals surface area contributed by atoms with Crippen LogP contribution in [0.4, 0.5) is 14.5 Å². The molecule has 27 heavy (non-hydrogen) atoms. The van der Waals surface area contributed by atoms with Gasteiger partial charge in [-0.15, -0.1) is 23.1 Å². The smallest absolute Gasteiger partial charge is 0.325 e. The van der Waals surface area contributed by atoms with Crippen molar-refractivity contribution in [3.63, 3.8) is 0 Å². The molecule has 0 aliphatic carbocycles. The minimum atomic E-state index is -4.63. The van der Waals surface area contributed by atoms with Gasteiger partial charge in [-0.2, -0.15) is 8.78 Å². The average molecular weight is 429 g/mol. The van der Waals surface area contributed by atoms with Gasteiger partial charge in [0.1, 0.15) is 5.01 Å². The second kappa shape index (κ2) is 8.32. The van der Waals surface area contributed by atoms with Gasteiger partial charge in [0.2, 0.25) is 15.7 Å². The van der Waals surface area contributed by atoms with Crippen LogP contribution >= 0.6 is 23.1 Å². The molecule has 1 heterocycles. The molecule has 0 unspecified atom stereocenters. The second-order valence-electron chi connectivity index (χ2n) is 5.45. The van der Waals surface area contributed by atoms with Crippen LogP contribution in [0.1, 0.15) is 5.01 Å². The minimum absolute atomic E-state index is 0.188. The second-order valence-corrected chi connectivity index (χ2v) is 9.46. The van der Waals surface area contributed by atoms with Crippen molar-refractivity contribution in [3.05, 3.63) is 53.5 Å². The zero-order chi connectivity index (χ0) is 19.4. The lowest BCUT2D eigenvalue weighted by atomic mass is 10.3. The Bertz CT molecular complexity index is 1020. The lowest BCUT2D eigenvalue weighted by Crippen LogP contribution is -2.15. The number of carbonyl (C=O) groups excluding carboxylic acids is 1. The van der Waals surface area contributed by atoms with Crippen LogP contribution in [0.5, 0.6) is 0 Å². The summed E-state index contributed by atoms with van der Waals surface area (Å²) in [7, 11) is -4.63. The molecule has 0 bridgehead atoms. The number of amides is 1. The van der Waals surface area contributed by atoms with E-state index in [0.29, 0.717) is 11.4 Å². The van der Waals surface area contributed by atoms with E-state index >= 15 is 0 Å². The summed E-state index contributed by atoms with van der Waals surface area (Å²) < 4.78 is 48.8. The van der Waals surface area contributed by atoms with Crippen LogP contribution in [0.25, 0.3) is 10.2 Å². The fraction of sp³-hybridized carbons (Fsp3) is 0.176. The fourth-order valence-corrected chi connectivity index (χ4v) is 4.81. The highest BCUT2D eigenvalue weighted by Crippen LogP contribution is 2.25. The van der Waals surface area contributed by atoms with Crippen LogP contribution < -0.4 is 5.32 Å². The van der Waals surface area contributed by atoms with Gasteiger partial charge < -0.3 is 5.32 Å². The summed E-state index contributed by atoms with van der Waals surface area (Å²) in [5.41, 5.74) is 1.27. The Balaban J connectivity index is 1.52. The van der Waals surface area contributed by atoms with Crippen molar-refractivity contribution in [2.45, 2.75) is 16.4 Å². The Kier molecular flexibility index (Phi) is 6.08. The molecule has 0 atom stereocenters. The third-order valence-electron chi connectivity index (χ3n) is 3.50. The van der Waals surface area contributed by atoms with Crippen LogP contribution in [-0.2, 0) is 20.4 Å². The maximum Gasteiger partial charge on any atom is 0.341 e. The monoisotopic (exact) mass is 428 g/mol. The van der Waals surface area contributed by atoms with E-state index in [1.165, 1.54) is 23.9 Å². The van der Waals surface area contributed by atoms with Gasteiger partial charge in [-0.25, -0.2) is 13.4 Å². The summed E-state index contributed by atoms with van der Waals surface area (Å²) in [6, 6.07) is 12.5. The molecule has 1 amide bonds. The number of hydrogen-bond acceptors (Lipinski definition) is 6. The first kappa shape index (κ1) is 19.7. The number of para-hydroxylation sites is 1. The average Bonchev–Trinajstić information content (AvgIpc) is 3.04. The number of hydrogen-bond donors (Lipinski definition) is 1. The number of fused-ring (bicyclic) bond motifs is 1. The van der Waals surface area contributed by atoms with E-state index in [0.717, 1.165) is 27.4 Å². The minimum Gasteiger partial charge on any atom is -0.325 e. The number of sulfone groups is 1. The number of thioether (sulfide) groups is 1. The summed E-state index contributed by atoms with van der Waals surface area (Å²) in [4.78, 5) is 16.0. The van der Waals surface area contributed by atoms with Crippen LogP contribution in [-0.4, -0.2) is 30.8 Å². The van der Waals surface area contributed by atoms with Crippen molar-refractivity contribution in [1.29, 1.82) is 0 Å². The number of benzene rings is 2. The summed E-state index contributed by atoms with van der Waals surface area (Å²) in [5.74, 6) is -2.96. The molecule has 3 aromatic rings. The van der Waals surface area contributed by atoms with Crippen LogP contribution in [0, 0.1) is 0 Å². The van der Waals surface area contributed by atoms with E-state index in [9.17, 15) is 22.0 Å². The molecule has 2 aromatic carbocycles. The van der Waals surface area contributed by atoms with Gasteiger partial charge in [0.15, 0.2) is 0 Å². The largest absolute Gasteiger partial charge is 0.341 e. The number of nitrogens with zero attached hydrogens (tertiary/aromatic N) is 1. The Morgan fingerprint density at radius 2 is 1.85 bits per heavy atom. The fourth-order valence-electron chi connectivity index (χ4n) is 2.24. The number of halogens is 2. The van der Waals surface area contributed by atoms with Crippen molar-refractivity contribution in [1.82, 2.24) is 4.98 Å². The number of rotatable bonds is 7. The van der Waals surface area contributed by atoms with Gasteiger partial charge in [-0.3, -0.25) is 4.79 Å². The number of aromatic nitrogens is 1. The summed E-state index contributed by atoms with van der Waals surface area (Å²) in [5, 5.41) is 3.53. The quantitative estimate of drug-likeness (QED) is 0.611. The van der Waals surface area contributed by atoms with Gasteiger partial charge >= 0.3 is 5.76 Å². The van der Waals surface area contributed by atoms with Crippen molar-refractivity contribution in [2.24, 2.45) is 0 Å².